The third-order valence-electron chi connectivity index (χ3n) is 3.65. The third-order valence-corrected chi connectivity index (χ3v) is 5.30. The highest BCUT2D eigenvalue weighted by molar-refractivity contribution is 7.90. The summed E-state index contributed by atoms with van der Waals surface area (Å²) in [4.78, 5) is 0. The summed E-state index contributed by atoms with van der Waals surface area (Å²) in [6.07, 6.45) is 0.862. The lowest BCUT2D eigenvalue weighted by molar-refractivity contribution is 0.182. The lowest BCUT2D eigenvalue weighted by Crippen LogP contribution is -2.37. The molecule has 5 heteroatoms. The highest BCUT2D eigenvalue weighted by Gasteiger charge is 2.27. The second-order valence-electron chi connectivity index (χ2n) is 5.27. The van der Waals surface area contributed by atoms with Gasteiger partial charge in [0.2, 0.25) is 0 Å². The second kappa shape index (κ2) is 6.03. The summed E-state index contributed by atoms with van der Waals surface area (Å²) < 4.78 is 29.7. The summed E-state index contributed by atoms with van der Waals surface area (Å²) >= 11 is 0. The van der Waals surface area contributed by atoms with Crippen molar-refractivity contribution in [3.05, 3.63) is 35.4 Å². The van der Waals surface area contributed by atoms with Crippen LogP contribution >= 0.6 is 0 Å². The van der Waals surface area contributed by atoms with E-state index in [1.165, 1.54) is 0 Å². The van der Waals surface area contributed by atoms with E-state index in [2.05, 4.69) is 0 Å². The molecule has 2 rings (SSSR count). The predicted octanol–water partition coefficient (Wildman–Crippen LogP) is 1.27. The molecule has 1 fully saturated rings. The average Bonchev–Trinajstić information content (AvgIpc) is 2.85. The van der Waals surface area contributed by atoms with Crippen molar-refractivity contribution in [2.24, 2.45) is 11.7 Å². The van der Waals surface area contributed by atoms with Gasteiger partial charge in [0.15, 0.2) is 9.84 Å². The number of hydrogen-bond acceptors (Lipinski definition) is 4. The summed E-state index contributed by atoms with van der Waals surface area (Å²) in [5, 5.41) is 0. The van der Waals surface area contributed by atoms with Gasteiger partial charge in [-0.15, -0.1) is 0 Å². The molecular formula is C14H21NO3S. The van der Waals surface area contributed by atoms with Crippen molar-refractivity contribution in [2.75, 3.05) is 19.0 Å². The number of sulfone groups is 1. The topological polar surface area (TPSA) is 69.4 Å². The van der Waals surface area contributed by atoms with E-state index in [0.717, 1.165) is 17.5 Å². The van der Waals surface area contributed by atoms with Crippen LogP contribution in [0.5, 0.6) is 0 Å². The maximum atomic E-state index is 12.2. The van der Waals surface area contributed by atoms with E-state index >= 15 is 0 Å². The quantitative estimate of drug-likeness (QED) is 0.883. The van der Waals surface area contributed by atoms with Gasteiger partial charge >= 0.3 is 0 Å². The minimum atomic E-state index is -3.17. The minimum Gasteiger partial charge on any atom is -0.381 e. The molecule has 0 spiro atoms. The van der Waals surface area contributed by atoms with Gasteiger partial charge in [-0.05, 0) is 24.5 Å². The van der Waals surface area contributed by atoms with Gasteiger partial charge in [-0.1, -0.05) is 24.3 Å². The molecule has 1 aliphatic rings. The number of ether oxygens (including phenoxy) is 1. The Morgan fingerprint density at radius 2 is 2.16 bits per heavy atom. The summed E-state index contributed by atoms with van der Waals surface area (Å²) in [7, 11) is -3.17. The minimum absolute atomic E-state index is 0.0371. The van der Waals surface area contributed by atoms with E-state index in [0.29, 0.717) is 13.2 Å². The summed E-state index contributed by atoms with van der Waals surface area (Å²) in [6.45, 7) is 3.20. The molecule has 0 aromatic heterocycles. The van der Waals surface area contributed by atoms with Gasteiger partial charge in [0, 0.05) is 18.6 Å². The van der Waals surface area contributed by atoms with E-state index in [1.807, 2.05) is 31.2 Å². The van der Waals surface area contributed by atoms with E-state index in [-0.39, 0.29) is 23.5 Å². The van der Waals surface area contributed by atoms with Gasteiger partial charge in [-0.3, -0.25) is 0 Å². The molecule has 1 heterocycles. The molecule has 4 nitrogen and oxygen atoms in total. The molecule has 0 amide bonds. The van der Waals surface area contributed by atoms with Gasteiger partial charge in [0.05, 0.1) is 18.1 Å². The lowest BCUT2D eigenvalue weighted by Gasteiger charge is -2.17. The predicted molar refractivity (Wildman–Crippen MR) is 75.6 cm³/mol. The first-order valence-corrected chi connectivity index (χ1v) is 8.38. The molecule has 1 aromatic rings. The Morgan fingerprint density at radius 1 is 1.42 bits per heavy atom. The zero-order valence-corrected chi connectivity index (χ0v) is 12.0. The molecular weight excluding hydrogens is 262 g/mol. The summed E-state index contributed by atoms with van der Waals surface area (Å²) in [5.41, 5.74) is 7.86. The number of nitrogens with two attached hydrogens (primary N) is 1. The Bertz CT molecular complexity index is 521. The first-order valence-electron chi connectivity index (χ1n) is 6.56. The van der Waals surface area contributed by atoms with Crippen molar-refractivity contribution in [3.8, 4) is 0 Å². The van der Waals surface area contributed by atoms with Crippen molar-refractivity contribution in [1.82, 2.24) is 0 Å². The van der Waals surface area contributed by atoms with Gasteiger partial charge < -0.3 is 10.5 Å². The standard InChI is InChI=1S/C14H21NO3S/c1-11-4-2-3-5-13(11)9-19(16,17)10-14(15)12-6-7-18-8-12/h2-5,12,14H,6-10,15H2,1H3. The zero-order chi connectivity index (χ0) is 13.9. The highest BCUT2D eigenvalue weighted by atomic mass is 32.2. The largest absolute Gasteiger partial charge is 0.381 e. The summed E-state index contributed by atoms with van der Waals surface area (Å²) in [5.74, 6) is 0.280. The molecule has 1 saturated heterocycles. The Hall–Kier alpha value is -0.910. The molecule has 19 heavy (non-hydrogen) atoms. The van der Waals surface area contributed by atoms with Crippen molar-refractivity contribution in [1.29, 1.82) is 0 Å². The van der Waals surface area contributed by atoms with Crippen LogP contribution in [0.4, 0.5) is 0 Å². The Kier molecular flexibility index (Phi) is 4.60. The maximum absolute atomic E-state index is 12.2. The van der Waals surface area contributed by atoms with Crippen LogP contribution in [0.1, 0.15) is 17.5 Å². The third kappa shape index (κ3) is 4.03. The molecule has 1 aromatic carbocycles. The Morgan fingerprint density at radius 3 is 2.79 bits per heavy atom. The van der Waals surface area contributed by atoms with E-state index < -0.39 is 9.84 Å². The number of hydrogen-bond donors (Lipinski definition) is 1. The smallest absolute Gasteiger partial charge is 0.155 e. The van der Waals surface area contributed by atoms with Crippen LogP contribution in [0, 0.1) is 12.8 Å². The first kappa shape index (κ1) is 14.5. The maximum Gasteiger partial charge on any atom is 0.155 e. The van der Waals surface area contributed by atoms with Crippen LogP contribution in [0.15, 0.2) is 24.3 Å². The monoisotopic (exact) mass is 283 g/mol. The molecule has 2 unspecified atom stereocenters. The van der Waals surface area contributed by atoms with Crippen molar-refractivity contribution < 1.29 is 13.2 Å². The molecule has 2 N–H and O–H groups in total. The first-order chi connectivity index (χ1) is 8.98. The Labute approximate surface area is 114 Å². The lowest BCUT2D eigenvalue weighted by atomic mass is 10.0. The fraction of sp³-hybridized carbons (Fsp3) is 0.571. The van der Waals surface area contributed by atoms with Crippen LogP contribution in [-0.2, 0) is 20.3 Å². The Balaban J connectivity index is 2.00. The SMILES string of the molecule is Cc1ccccc1CS(=O)(=O)CC(N)C1CCOC1. The zero-order valence-electron chi connectivity index (χ0n) is 11.2. The van der Waals surface area contributed by atoms with Gasteiger partial charge in [-0.25, -0.2) is 8.42 Å². The fourth-order valence-electron chi connectivity index (χ4n) is 2.39. The average molecular weight is 283 g/mol. The van der Waals surface area contributed by atoms with Crippen LogP contribution < -0.4 is 5.73 Å². The second-order valence-corrected chi connectivity index (χ2v) is 7.38. The van der Waals surface area contributed by atoms with E-state index in [9.17, 15) is 8.42 Å². The van der Waals surface area contributed by atoms with Crippen LogP contribution in [0.3, 0.4) is 0 Å². The number of benzene rings is 1. The van der Waals surface area contributed by atoms with Crippen molar-refractivity contribution in [2.45, 2.75) is 25.1 Å². The highest BCUT2D eigenvalue weighted by Crippen LogP contribution is 2.18. The molecule has 0 saturated carbocycles. The van der Waals surface area contributed by atoms with E-state index in [1.54, 1.807) is 0 Å². The molecule has 2 atom stereocenters. The molecule has 1 aliphatic heterocycles. The van der Waals surface area contributed by atoms with Gasteiger partial charge in [0.1, 0.15) is 0 Å². The van der Waals surface area contributed by atoms with Crippen molar-refractivity contribution in [3.63, 3.8) is 0 Å². The summed E-state index contributed by atoms with van der Waals surface area (Å²) in [6, 6.07) is 7.24. The van der Waals surface area contributed by atoms with Gasteiger partial charge in [-0.2, -0.15) is 0 Å². The van der Waals surface area contributed by atoms with Crippen molar-refractivity contribution >= 4 is 9.84 Å². The van der Waals surface area contributed by atoms with Gasteiger partial charge in [0.25, 0.3) is 0 Å². The number of aryl methyl sites for hydroxylation is 1. The molecule has 0 bridgehead atoms. The molecule has 106 valence electrons. The van der Waals surface area contributed by atoms with Crippen LogP contribution in [0.2, 0.25) is 0 Å². The van der Waals surface area contributed by atoms with E-state index in [4.69, 9.17) is 10.5 Å². The van der Waals surface area contributed by atoms with Crippen LogP contribution in [0.25, 0.3) is 0 Å². The van der Waals surface area contributed by atoms with Crippen LogP contribution in [-0.4, -0.2) is 33.4 Å². The fourth-order valence-corrected chi connectivity index (χ4v) is 4.16. The normalized spacial score (nSPS) is 21.5. The molecule has 0 radical (unpaired) electrons. The number of rotatable bonds is 5. The molecule has 0 aliphatic carbocycles.